The van der Waals surface area contributed by atoms with Crippen LogP contribution < -0.4 is 0 Å². The van der Waals surface area contributed by atoms with E-state index in [1.165, 1.54) is 11.1 Å². The molecule has 5 rings (SSSR count). The molecular weight excluding hydrogens is 400 g/mol. The quantitative estimate of drug-likeness (QED) is 0.680. The van der Waals surface area contributed by atoms with Crippen LogP contribution in [0.15, 0.2) is 40.8 Å². The molecular formula is C22H22N4O3S. The molecule has 0 spiro atoms. The summed E-state index contributed by atoms with van der Waals surface area (Å²) in [6, 6.07) is 6.35. The van der Waals surface area contributed by atoms with Gasteiger partial charge in [0.05, 0.1) is 22.7 Å². The summed E-state index contributed by atoms with van der Waals surface area (Å²) in [4.78, 5) is 18.3. The molecule has 0 saturated carbocycles. The summed E-state index contributed by atoms with van der Waals surface area (Å²) in [6.07, 6.45) is 7.90. The molecule has 1 unspecified atom stereocenters. The number of aromatic nitrogens is 3. The summed E-state index contributed by atoms with van der Waals surface area (Å²) in [5, 5.41) is 18.3. The van der Waals surface area contributed by atoms with Crippen molar-refractivity contribution in [3.63, 3.8) is 0 Å². The number of rotatable bonds is 5. The number of amides is 1. The molecule has 30 heavy (non-hydrogen) atoms. The van der Waals surface area contributed by atoms with E-state index in [2.05, 4.69) is 58.5 Å². The monoisotopic (exact) mass is 422 g/mol. The molecule has 7 nitrogen and oxygen atoms in total. The van der Waals surface area contributed by atoms with Crippen LogP contribution >= 0.6 is 11.3 Å². The first kappa shape index (κ1) is 19.1. The highest BCUT2D eigenvalue weighted by atomic mass is 32.1. The minimum atomic E-state index is -0.416. The number of thiazole rings is 1. The molecule has 0 radical (unpaired) electrons. The fraction of sp³-hybridized carbons (Fsp3) is 0.364. The van der Waals surface area contributed by atoms with E-state index in [4.69, 9.17) is 4.42 Å². The molecule has 1 aromatic carbocycles. The van der Waals surface area contributed by atoms with E-state index in [1.807, 2.05) is 0 Å². The second-order valence-corrected chi connectivity index (χ2v) is 9.04. The van der Waals surface area contributed by atoms with Gasteiger partial charge in [-0.15, -0.1) is 21.5 Å². The number of allylic oxidation sites excluding steroid dienone is 4. The molecule has 1 fully saturated rings. The lowest BCUT2D eigenvalue weighted by molar-refractivity contribution is -0.140. The summed E-state index contributed by atoms with van der Waals surface area (Å²) >= 11 is 1.62. The van der Waals surface area contributed by atoms with E-state index in [0.717, 1.165) is 21.6 Å². The van der Waals surface area contributed by atoms with E-state index >= 15 is 0 Å². The third kappa shape index (κ3) is 3.93. The van der Waals surface area contributed by atoms with E-state index in [-0.39, 0.29) is 12.3 Å². The van der Waals surface area contributed by atoms with Crippen molar-refractivity contribution in [2.45, 2.75) is 32.3 Å². The molecule has 3 aromatic rings. The molecule has 1 atom stereocenters. The van der Waals surface area contributed by atoms with Gasteiger partial charge in [0.25, 0.3) is 0 Å². The predicted octanol–water partition coefficient (Wildman–Crippen LogP) is 3.00. The van der Waals surface area contributed by atoms with E-state index in [0.29, 0.717) is 37.2 Å². The van der Waals surface area contributed by atoms with Crippen LogP contribution in [0.3, 0.4) is 0 Å². The lowest BCUT2D eigenvalue weighted by Crippen LogP contribution is -2.53. The van der Waals surface area contributed by atoms with Crippen molar-refractivity contribution in [3.8, 4) is 0 Å². The fourth-order valence-electron chi connectivity index (χ4n) is 3.72. The Bertz CT molecular complexity index is 1160. The zero-order valence-electron chi connectivity index (χ0n) is 16.6. The van der Waals surface area contributed by atoms with Gasteiger partial charge in [0.1, 0.15) is 11.4 Å². The molecule has 0 bridgehead atoms. The van der Waals surface area contributed by atoms with Crippen LogP contribution in [0.4, 0.5) is 0 Å². The first-order chi connectivity index (χ1) is 14.5. The zero-order chi connectivity index (χ0) is 20.7. The second kappa shape index (κ2) is 7.77. The first-order valence-electron chi connectivity index (χ1n) is 10.1. The van der Waals surface area contributed by atoms with Gasteiger partial charge >= 0.3 is 0 Å². The van der Waals surface area contributed by atoms with Crippen molar-refractivity contribution in [2.24, 2.45) is 5.92 Å². The molecule has 1 N–H and O–H groups in total. The van der Waals surface area contributed by atoms with Crippen LogP contribution in [0.2, 0.25) is 0 Å². The molecule has 1 aliphatic heterocycles. The molecule has 154 valence electrons. The number of benzene rings is 1. The molecule has 1 saturated heterocycles. The molecule has 2 aliphatic rings. The van der Waals surface area contributed by atoms with E-state index < -0.39 is 6.10 Å². The Morgan fingerprint density at radius 1 is 1.30 bits per heavy atom. The van der Waals surface area contributed by atoms with Crippen LogP contribution in [0.25, 0.3) is 15.8 Å². The van der Waals surface area contributed by atoms with Gasteiger partial charge in [-0.3, -0.25) is 4.79 Å². The number of nitrogens with zero attached hydrogens (tertiary/aromatic N) is 4. The number of carbonyl (C=O) groups is 1. The lowest BCUT2D eigenvalue weighted by atomic mass is 9.94. The average molecular weight is 423 g/mol. The number of hydrogen-bond acceptors (Lipinski definition) is 7. The van der Waals surface area contributed by atoms with Crippen molar-refractivity contribution >= 4 is 33.0 Å². The summed E-state index contributed by atoms with van der Waals surface area (Å²) in [6.45, 7) is 2.98. The topological polar surface area (TPSA) is 92.4 Å². The maximum Gasteiger partial charge on any atom is 0.232 e. The summed E-state index contributed by atoms with van der Waals surface area (Å²) < 4.78 is 6.77. The summed E-state index contributed by atoms with van der Waals surface area (Å²) in [5.41, 5.74) is 3.42. The van der Waals surface area contributed by atoms with Crippen molar-refractivity contribution < 1.29 is 14.3 Å². The number of fused-ring (bicyclic) bond motifs is 1. The largest absolute Gasteiger partial charge is 0.424 e. The van der Waals surface area contributed by atoms with Gasteiger partial charge in [-0.05, 0) is 35.6 Å². The second-order valence-electron chi connectivity index (χ2n) is 7.92. The summed E-state index contributed by atoms with van der Waals surface area (Å²) in [7, 11) is 0. The van der Waals surface area contributed by atoms with Gasteiger partial charge in [-0.1, -0.05) is 31.2 Å². The van der Waals surface area contributed by atoms with Gasteiger partial charge in [0.15, 0.2) is 0 Å². The van der Waals surface area contributed by atoms with Gasteiger partial charge in [0, 0.05) is 13.1 Å². The van der Waals surface area contributed by atoms with Crippen LogP contribution in [0.5, 0.6) is 0 Å². The Labute approximate surface area is 177 Å². The van der Waals surface area contributed by atoms with Crippen molar-refractivity contribution in [3.05, 3.63) is 58.8 Å². The minimum Gasteiger partial charge on any atom is -0.424 e. The van der Waals surface area contributed by atoms with Gasteiger partial charge in [0.2, 0.25) is 17.7 Å². The van der Waals surface area contributed by atoms with Crippen molar-refractivity contribution in [1.82, 2.24) is 20.1 Å². The average Bonchev–Trinajstić information content (AvgIpc) is 3.31. The van der Waals surface area contributed by atoms with Crippen molar-refractivity contribution in [2.75, 3.05) is 13.1 Å². The molecule has 1 amide bonds. The highest BCUT2D eigenvalue weighted by molar-refractivity contribution is 7.18. The van der Waals surface area contributed by atoms with Gasteiger partial charge in [-0.2, -0.15) is 0 Å². The van der Waals surface area contributed by atoms with Crippen LogP contribution in [-0.2, 0) is 17.6 Å². The SMILES string of the molecule is CC1C=C(c2ccc3nc(Cc4nnc(CC(=O)N5CC(O)C5)o4)sc3c2)C=CC1. The Morgan fingerprint density at radius 3 is 2.93 bits per heavy atom. The number of likely N-dealkylation sites (tertiary alicyclic amines) is 1. The minimum absolute atomic E-state index is 0.0595. The molecule has 1 aliphatic carbocycles. The Morgan fingerprint density at radius 2 is 2.13 bits per heavy atom. The Balaban J connectivity index is 1.28. The Kier molecular flexibility index (Phi) is 4.96. The summed E-state index contributed by atoms with van der Waals surface area (Å²) in [5.74, 6) is 1.20. The Hall–Kier alpha value is -2.84. The maximum absolute atomic E-state index is 12.1. The third-order valence-electron chi connectivity index (χ3n) is 5.36. The molecule has 8 heteroatoms. The maximum atomic E-state index is 12.1. The molecule has 2 aromatic heterocycles. The lowest BCUT2D eigenvalue weighted by Gasteiger charge is -2.35. The number of aliphatic hydroxyl groups is 1. The number of carbonyl (C=O) groups excluding carboxylic acids is 1. The van der Waals surface area contributed by atoms with E-state index in [9.17, 15) is 9.90 Å². The standard InChI is InChI=1S/C22H22N4O3S/c1-13-3-2-4-14(7-13)15-5-6-17-18(8-15)30-21(23-17)9-19-24-25-20(29-19)10-22(28)26-11-16(27)12-26/h2,4-8,13,16,27H,3,9-12H2,1H3. The van der Waals surface area contributed by atoms with Gasteiger partial charge in [-0.25, -0.2) is 4.98 Å². The van der Waals surface area contributed by atoms with Crippen LogP contribution in [0, 0.1) is 5.92 Å². The van der Waals surface area contributed by atoms with Crippen LogP contribution in [0.1, 0.15) is 35.7 Å². The highest BCUT2D eigenvalue weighted by Crippen LogP contribution is 2.30. The van der Waals surface area contributed by atoms with Crippen LogP contribution in [-0.4, -0.2) is 50.3 Å². The number of aliphatic hydroxyl groups excluding tert-OH is 1. The first-order valence-corrected chi connectivity index (χ1v) is 10.9. The third-order valence-corrected chi connectivity index (χ3v) is 6.38. The number of β-amino-alcohol motifs (C(OH)–C–C–N with tert-alkyl or cyclic N) is 1. The smallest absolute Gasteiger partial charge is 0.232 e. The molecule has 3 heterocycles. The van der Waals surface area contributed by atoms with Crippen molar-refractivity contribution in [1.29, 1.82) is 0 Å². The predicted molar refractivity (Wildman–Crippen MR) is 114 cm³/mol. The number of hydrogen-bond donors (Lipinski definition) is 1. The fourth-order valence-corrected chi connectivity index (χ4v) is 4.72. The zero-order valence-corrected chi connectivity index (χ0v) is 17.4. The van der Waals surface area contributed by atoms with E-state index in [1.54, 1.807) is 16.2 Å². The highest BCUT2D eigenvalue weighted by Gasteiger charge is 2.29. The normalized spacial score (nSPS) is 19.2. The van der Waals surface area contributed by atoms with Gasteiger partial charge < -0.3 is 14.4 Å².